The highest BCUT2D eigenvalue weighted by Gasteiger charge is 2.22. The third-order valence-electron chi connectivity index (χ3n) is 3.24. The molecule has 1 atom stereocenters. The summed E-state index contributed by atoms with van der Waals surface area (Å²) in [4.78, 5) is 13.7. The van der Waals surface area contributed by atoms with Crippen LogP contribution in [-0.4, -0.2) is 52.1 Å². The molecule has 2 rings (SSSR count). The zero-order chi connectivity index (χ0) is 12.8. The molecule has 0 aromatic carbocycles. The van der Waals surface area contributed by atoms with Crippen LogP contribution < -0.4 is 5.32 Å². The SMILES string of the molecule is O=C(NCCn1cccn1)N1CCCC(CO)C1. The molecule has 0 aliphatic carbocycles. The second-order valence-electron chi connectivity index (χ2n) is 4.64. The fourth-order valence-electron chi connectivity index (χ4n) is 2.22. The minimum absolute atomic E-state index is 0.0414. The Morgan fingerprint density at radius 2 is 2.44 bits per heavy atom. The van der Waals surface area contributed by atoms with Gasteiger partial charge in [-0.2, -0.15) is 5.10 Å². The molecule has 1 fully saturated rings. The lowest BCUT2D eigenvalue weighted by atomic mass is 9.99. The fraction of sp³-hybridized carbons (Fsp3) is 0.667. The van der Waals surface area contributed by atoms with Gasteiger partial charge in [0.25, 0.3) is 0 Å². The Labute approximate surface area is 107 Å². The zero-order valence-electron chi connectivity index (χ0n) is 10.5. The van der Waals surface area contributed by atoms with Gasteiger partial charge < -0.3 is 15.3 Å². The Morgan fingerprint density at radius 3 is 3.17 bits per heavy atom. The van der Waals surface area contributed by atoms with Gasteiger partial charge >= 0.3 is 6.03 Å². The van der Waals surface area contributed by atoms with Crippen molar-refractivity contribution in [2.45, 2.75) is 19.4 Å². The van der Waals surface area contributed by atoms with Gasteiger partial charge in [0.05, 0.1) is 6.54 Å². The third-order valence-corrected chi connectivity index (χ3v) is 3.24. The topological polar surface area (TPSA) is 70.4 Å². The van der Waals surface area contributed by atoms with Crippen LogP contribution in [0.15, 0.2) is 18.5 Å². The Balaban J connectivity index is 1.70. The maximum atomic E-state index is 11.9. The predicted octanol–water partition coefficient (Wildman–Crippen LogP) is 0.297. The largest absolute Gasteiger partial charge is 0.396 e. The van der Waals surface area contributed by atoms with Gasteiger partial charge in [0.1, 0.15) is 0 Å². The number of hydrogen-bond donors (Lipinski definition) is 2. The Bertz CT molecular complexity index is 366. The summed E-state index contributed by atoms with van der Waals surface area (Å²) in [5, 5.41) is 16.1. The van der Waals surface area contributed by atoms with Crippen molar-refractivity contribution in [1.82, 2.24) is 20.0 Å². The molecule has 1 aromatic rings. The minimum atomic E-state index is -0.0414. The van der Waals surface area contributed by atoms with Crippen LogP contribution in [-0.2, 0) is 6.54 Å². The highest BCUT2D eigenvalue weighted by molar-refractivity contribution is 5.74. The highest BCUT2D eigenvalue weighted by atomic mass is 16.3. The summed E-state index contributed by atoms with van der Waals surface area (Å²) < 4.78 is 1.78. The first-order valence-corrected chi connectivity index (χ1v) is 6.40. The van der Waals surface area contributed by atoms with Gasteiger partial charge in [0.2, 0.25) is 0 Å². The summed E-state index contributed by atoms with van der Waals surface area (Å²) in [7, 11) is 0. The summed E-state index contributed by atoms with van der Waals surface area (Å²) in [6.45, 7) is 2.85. The lowest BCUT2D eigenvalue weighted by Gasteiger charge is -2.31. The Kier molecular flexibility index (Phi) is 4.58. The monoisotopic (exact) mass is 252 g/mol. The molecule has 6 heteroatoms. The molecule has 1 saturated heterocycles. The van der Waals surface area contributed by atoms with Crippen molar-refractivity contribution >= 4 is 6.03 Å². The lowest BCUT2D eigenvalue weighted by molar-refractivity contribution is 0.129. The number of nitrogens with zero attached hydrogens (tertiary/aromatic N) is 3. The second-order valence-corrected chi connectivity index (χ2v) is 4.64. The van der Waals surface area contributed by atoms with E-state index < -0.39 is 0 Å². The summed E-state index contributed by atoms with van der Waals surface area (Å²) >= 11 is 0. The zero-order valence-corrected chi connectivity index (χ0v) is 10.5. The van der Waals surface area contributed by atoms with Crippen LogP contribution in [0.5, 0.6) is 0 Å². The van der Waals surface area contributed by atoms with Gasteiger partial charge in [-0.25, -0.2) is 4.79 Å². The van der Waals surface area contributed by atoms with Gasteiger partial charge in [-0.1, -0.05) is 0 Å². The Morgan fingerprint density at radius 1 is 1.56 bits per heavy atom. The van der Waals surface area contributed by atoms with Gasteiger partial charge in [0, 0.05) is 38.6 Å². The molecule has 0 saturated carbocycles. The maximum absolute atomic E-state index is 11.9. The first kappa shape index (κ1) is 12.9. The summed E-state index contributed by atoms with van der Waals surface area (Å²) in [5.41, 5.74) is 0. The first-order valence-electron chi connectivity index (χ1n) is 6.40. The molecule has 18 heavy (non-hydrogen) atoms. The average Bonchev–Trinajstić information content (AvgIpc) is 2.92. The fourth-order valence-corrected chi connectivity index (χ4v) is 2.22. The van der Waals surface area contributed by atoms with E-state index in [1.165, 1.54) is 0 Å². The van der Waals surface area contributed by atoms with Crippen LogP contribution in [0.25, 0.3) is 0 Å². The van der Waals surface area contributed by atoms with Crippen LogP contribution in [0.3, 0.4) is 0 Å². The van der Waals surface area contributed by atoms with E-state index in [1.807, 2.05) is 12.3 Å². The van der Waals surface area contributed by atoms with E-state index >= 15 is 0 Å². The number of urea groups is 1. The smallest absolute Gasteiger partial charge is 0.317 e. The molecular weight excluding hydrogens is 232 g/mol. The van der Waals surface area contributed by atoms with E-state index in [0.29, 0.717) is 19.6 Å². The number of hydrogen-bond acceptors (Lipinski definition) is 3. The lowest BCUT2D eigenvalue weighted by Crippen LogP contribution is -2.46. The highest BCUT2D eigenvalue weighted by Crippen LogP contribution is 2.15. The number of aliphatic hydroxyl groups is 1. The van der Waals surface area contributed by atoms with Gasteiger partial charge in [-0.05, 0) is 24.8 Å². The second kappa shape index (κ2) is 6.39. The number of rotatable bonds is 4. The molecule has 100 valence electrons. The minimum Gasteiger partial charge on any atom is -0.396 e. The number of aromatic nitrogens is 2. The van der Waals surface area contributed by atoms with Crippen molar-refractivity contribution in [3.63, 3.8) is 0 Å². The molecule has 2 amide bonds. The van der Waals surface area contributed by atoms with Crippen molar-refractivity contribution in [2.24, 2.45) is 5.92 Å². The van der Waals surface area contributed by atoms with Crippen molar-refractivity contribution < 1.29 is 9.90 Å². The molecule has 2 N–H and O–H groups in total. The van der Waals surface area contributed by atoms with E-state index in [0.717, 1.165) is 19.4 Å². The van der Waals surface area contributed by atoms with Crippen LogP contribution in [0, 0.1) is 5.92 Å². The Hall–Kier alpha value is -1.56. The van der Waals surface area contributed by atoms with E-state index in [9.17, 15) is 4.79 Å². The van der Waals surface area contributed by atoms with E-state index in [1.54, 1.807) is 15.8 Å². The molecule has 0 radical (unpaired) electrons. The molecule has 0 spiro atoms. The quantitative estimate of drug-likeness (QED) is 0.809. The molecule has 1 aromatic heterocycles. The number of likely N-dealkylation sites (tertiary alicyclic amines) is 1. The van der Waals surface area contributed by atoms with Crippen molar-refractivity contribution in [2.75, 3.05) is 26.2 Å². The number of nitrogens with one attached hydrogen (secondary N) is 1. The van der Waals surface area contributed by atoms with Crippen molar-refractivity contribution in [3.05, 3.63) is 18.5 Å². The molecule has 1 aliphatic rings. The molecule has 6 nitrogen and oxygen atoms in total. The molecule has 1 unspecified atom stereocenters. The van der Waals surface area contributed by atoms with Crippen LogP contribution in [0.2, 0.25) is 0 Å². The molecule has 0 bridgehead atoms. The number of aliphatic hydroxyl groups excluding tert-OH is 1. The number of carbonyl (C=O) groups is 1. The molecule has 2 heterocycles. The van der Waals surface area contributed by atoms with E-state index in [4.69, 9.17) is 5.11 Å². The van der Waals surface area contributed by atoms with E-state index in [2.05, 4.69) is 10.4 Å². The first-order chi connectivity index (χ1) is 8.79. The summed E-state index contributed by atoms with van der Waals surface area (Å²) in [6.07, 6.45) is 5.57. The van der Waals surface area contributed by atoms with Crippen molar-refractivity contribution in [3.8, 4) is 0 Å². The molecule has 1 aliphatic heterocycles. The van der Waals surface area contributed by atoms with Crippen LogP contribution in [0.4, 0.5) is 4.79 Å². The number of piperidine rings is 1. The van der Waals surface area contributed by atoms with Crippen molar-refractivity contribution in [1.29, 1.82) is 0 Å². The van der Waals surface area contributed by atoms with Crippen LogP contribution >= 0.6 is 0 Å². The van der Waals surface area contributed by atoms with E-state index in [-0.39, 0.29) is 18.6 Å². The van der Waals surface area contributed by atoms with Crippen LogP contribution in [0.1, 0.15) is 12.8 Å². The average molecular weight is 252 g/mol. The van der Waals surface area contributed by atoms with Gasteiger partial charge in [0.15, 0.2) is 0 Å². The van der Waals surface area contributed by atoms with Gasteiger partial charge in [-0.3, -0.25) is 4.68 Å². The normalized spacial score (nSPS) is 19.8. The molecular formula is C12H20N4O2. The number of amides is 2. The summed E-state index contributed by atoms with van der Waals surface area (Å²) in [5.74, 6) is 0.232. The number of carbonyl (C=O) groups excluding carboxylic acids is 1. The van der Waals surface area contributed by atoms with Gasteiger partial charge in [-0.15, -0.1) is 0 Å². The third kappa shape index (κ3) is 3.46. The summed E-state index contributed by atoms with van der Waals surface area (Å²) in [6, 6.07) is 1.82. The predicted molar refractivity (Wildman–Crippen MR) is 67.0 cm³/mol. The maximum Gasteiger partial charge on any atom is 0.317 e. The standard InChI is InChI=1S/C12H20N4O2/c17-10-11-3-1-6-15(9-11)12(18)13-5-8-16-7-2-4-14-16/h2,4,7,11,17H,1,3,5-6,8-10H2,(H,13,18).